The molecule has 0 aromatic heterocycles. The van der Waals surface area contributed by atoms with E-state index in [1.54, 1.807) is 0 Å². The van der Waals surface area contributed by atoms with Crippen molar-refractivity contribution in [2.45, 2.75) is 24.8 Å². The minimum atomic E-state index is -0.00287. The number of amides is 2. The van der Waals surface area contributed by atoms with Crippen molar-refractivity contribution in [1.29, 1.82) is 0 Å². The van der Waals surface area contributed by atoms with Gasteiger partial charge in [-0.25, -0.2) is 4.79 Å². The lowest BCUT2D eigenvalue weighted by Crippen LogP contribution is -2.43. The van der Waals surface area contributed by atoms with Crippen LogP contribution in [0.1, 0.15) is 19.3 Å². The predicted molar refractivity (Wildman–Crippen MR) is 60.5 cm³/mol. The van der Waals surface area contributed by atoms with Gasteiger partial charge in [0.1, 0.15) is 0 Å². The topological polar surface area (TPSA) is 53.2 Å². The SMILES string of the molecule is Cl.Cl.O=C1NCC2(CCCNCC2)N1. The monoisotopic (exact) mass is 241 g/mol. The first-order valence-corrected chi connectivity index (χ1v) is 4.58. The van der Waals surface area contributed by atoms with E-state index in [0.29, 0.717) is 0 Å². The minimum Gasteiger partial charge on any atom is -0.336 e. The highest BCUT2D eigenvalue weighted by Gasteiger charge is 2.37. The third-order valence-corrected chi connectivity index (χ3v) is 2.76. The Balaban J connectivity index is 0.000000845. The Labute approximate surface area is 96.4 Å². The van der Waals surface area contributed by atoms with Crippen LogP contribution in [0.25, 0.3) is 0 Å². The Morgan fingerprint density at radius 1 is 1.14 bits per heavy atom. The molecule has 0 saturated carbocycles. The van der Waals surface area contributed by atoms with Gasteiger partial charge in [-0.15, -0.1) is 24.8 Å². The van der Waals surface area contributed by atoms with E-state index in [4.69, 9.17) is 0 Å². The Bertz CT molecular complexity index is 193. The van der Waals surface area contributed by atoms with Gasteiger partial charge in [-0.2, -0.15) is 0 Å². The van der Waals surface area contributed by atoms with Crippen LogP contribution in [0.3, 0.4) is 0 Å². The molecule has 2 heterocycles. The molecule has 0 aromatic rings. The number of urea groups is 1. The second-order valence-electron chi connectivity index (χ2n) is 3.69. The van der Waals surface area contributed by atoms with Crippen molar-refractivity contribution >= 4 is 30.8 Å². The van der Waals surface area contributed by atoms with Crippen molar-refractivity contribution < 1.29 is 4.79 Å². The number of rotatable bonds is 0. The Hall–Kier alpha value is -0.190. The van der Waals surface area contributed by atoms with Crippen molar-refractivity contribution in [2.75, 3.05) is 19.6 Å². The van der Waals surface area contributed by atoms with Gasteiger partial charge < -0.3 is 16.0 Å². The van der Waals surface area contributed by atoms with Gasteiger partial charge in [0, 0.05) is 6.54 Å². The average Bonchev–Trinajstić information content (AvgIpc) is 2.30. The molecule has 84 valence electrons. The van der Waals surface area contributed by atoms with E-state index in [0.717, 1.165) is 38.9 Å². The van der Waals surface area contributed by atoms with E-state index in [9.17, 15) is 4.79 Å². The molecule has 1 atom stereocenters. The van der Waals surface area contributed by atoms with Crippen LogP contribution in [0.5, 0.6) is 0 Å². The predicted octanol–water partition coefficient (Wildman–Crippen LogP) is 0.655. The maximum Gasteiger partial charge on any atom is 0.315 e. The summed E-state index contributed by atoms with van der Waals surface area (Å²) in [7, 11) is 0. The van der Waals surface area contributed by atoms with E-state index < -0.39 is 0 Å². The first kappa shape index (κ1) is 13.8. The normalized spacial score (nSPS) is 30.7. The molecule has 3 N–H and O–H groups in total. The lowest BCUT2D eigenvalue weighted by molar-refractivity contribution is 0.243. The first-order valence-electron chi connectivity index (χ1n) is 4.58. The van der Waals surface area contributed by atoms with Crippen LogP contribution in [-0.2, 0) is 0 Å². The van der Waals surface area contributed by atoms with Crippen LogP contribution >= 0.6 is 24.8 Å². The Kier molecular flexibility index (Phi) is 5.56. The highest BCUT2D eigenvalue weighted by molar-refractivity contribution is 5.85. The van der Waals surface area contributed by atoms with Crippen LogP contribution in [-0.4, -0.2) is 31.2 Å². The minimum absolute atomic E-state index is 0. The number of hydrogen-bond acceptors (Lipinski definition) is 2. The van der Waals surface area contributed by atoms with Gasteiger partial charge in [0.2, 0.25) is 0 Å². The van der Waals surface area contributed by atoms with Gasteiger partial charge in [-0.1, -0.05) is 0 Å². The molecule has 6 heteroatoms. The first-order chi connectivity index (χ1) is 5.81. The molecule has 2 saturated heterocycles. The van der Waals surface area contributed by atoms with E-state index in [-0.39, 0.29) is 36.4 Å². The third kappa shape index (κ3) is 2.90. The van der Waals surface area contributed by atoms with Gasteiger partial charge in [0.05, 0.1) is 5.54 Å². The summed E-state index contributed by atoms with van der Waals surface area (Å²) < 4.78 is 0. The van der Waals surface area contributed by atoms with Crippen molar-refractivity contribution in [3.8, 4) is 0 Å². The number of carbonyl (C=O) groups excluding carboxylic acids is 1. The third-order valence-electron chi connectivity index (χ3n) is 2.76. The summed E-state index contributed by atoms with van der Waals surface area (Å²) in [5.41, 5.74) is 0.0561. The summed E-state index contributed by atoms with van der Waals surface area (Å²) in [4.78, 5) is 11.0. The smallest absolute Gasteiger partial charge is 0.315 e. The molecule has 14 heavy (non-hydrogen) atoms. The zero-order valence-electron chi connectivity index (χ0n) is 7.97. The number of halogens is 2. The quantitative estimate of drug-likeness (QED) is 0.584. The molecular weight excluding hydrogens is 225 g/mol. The second kappa shape index (κ2) is 5.63. The number of nitrogens with one attached hydrogen (secondary N) is 3. The van der Waals surface area contributed by atoms with Gasteiger partial charge in [0.15, 0.2) is 0 Å². The molecule has 0 bridgehead atoms. The summed E-state index contributed by atoms with van der Waals surface area (Å²) in [5, 5.41) is 9.18. The fraction of sp³-hybridized carbons (Fsp3) is 0.875. The highest BCUT2D eigenvalue weighted by atomic mass is 35.5. The van der Waals surface area contributed by atoms with Gasteiger partial charge >= 0.3 is 6.03 Å². The van der Waals surface area contributed by atoms with Crippen LogP contribution in [0.2, 0.25) is 0 Å². The van der Waals surface area contributed by atoms with E-state index in [2.05, 4.69) is 16.0 Å². The van der Waals surface area contributed by atoms with Crippen molar-refractivity contribution in [3.63, 3.8) is 0 Å². The molecule has 0 aliphatic carbocycles. The summed E-state index contributed by atoms with van der Waals surface area (Å²) in [5.74, 6) is 0. The molecule has 1 unspecified atom stereocenters. The summed E-state index contributed by atoms with van der Waals surface area (Å²) in [6, 6.07) is -0.00287. The summed E-state index contributed by atoms with van der Waals surface area (Å²) in [6.45, 7) is 2.90. The summed E-state index contributed by atoms with van der Waals surface area (Å²) in [6.07, 6.45) is 3.30. The molecule has 1 spiro atoms. The molecule has 0 radical (unpaired) electrons. The van der Waals surface area contributed by atoms with E-state index >= 15 is 0 Å². The van der Waals surface area contributed by atoms with Crippen molar-refractivity contribution in [3.05, 3.63) is 0 Å². The Morgan fingerprint density at radius 2 is 1.93 bits per heavy atom. The second-order valence-corrected chi connectivity index (χ2v) is 3.69. The van der Waals surface area contributed by atoms with Gasteiger partial charge in [0.25, 0.3) is 0 Å². The Morgan fingerprint density at radius 3 is 2.57 bits per heavy atom. The molecule has 2 amide bonds. The highest BCUT2D eigenvalue weighted by Crippen LogP contribution is 2.21. The lowest BCUT2D eigenvalue weighted by Gasteiger charge is -2.25. The number of hydrogen-bond donors (Lipinski definition) is 3. The van der Waals surface area contributed by atoms with E-state index in [1.807, 2.05) is 0 Å². The van der Waals surface area contributed by atoms with Crippen LogP contribution < -0.4 is 16.0 Å². The van der Waals surface area contributed by atoms with Crippen LogP contribution in [0, 0.1) is 0 Å². The lowest BCUT2D eigenvalue weighted by atomic mass is 9.92. The largest absolute Gasteiger partial charge is 0.336 e. The molecule has 0 aromatic carbocycles. The maximum atomic E-state index is 11.0. The maximum absolute atomic E-state index is 11.0. The summed E-state index contributed by atoms with van der Waals surface area (Å²) >= 11 is 0. The molecular formula is C8H17Cl2N3O. The zero-order chi connectivity index (χ0) is 8.44. The standard InChI is InChI=1S/C8H15N3O.2ClH/c12-7-10-6-8(11-7)2-1-4-9-5-3-8;;/h9H,1-6H2,(H2,10,11,12);2*1H. The van der Waals surface area contributed by atoms with Gasteiger partial charge in [-0.3, -0.25) is 0 Å². The fourth-order valence-corrected chi connectivity index (χ4v) is 2.01. The van der Waals surface area contributed by atoms with Crippen molar-refractivity contribution in [2.24, 2.45) is 0 Å². The number of carbonyl (C=O) groups is 1. The van der Waals surface area contributed by atoms with Crippen molar-refractivity contribution in [1.82, 2.24) is 16.0 Å². The van der Waals surface area contributed by atoms with Crippen LogP contribution in [0.4, 0.5) is 4.79 Å². The van der Waals surface area contributed by atoms with Crippen LogP contribution in [0.15, 0.2) is 0 Å². The van der Waals surface area contributed by atoms with E-state index in [1.165, 1.54) is 0 Å². The molecule has 2 rings (SSSR count). The fourth-order valence-electron chi connectivity index (χ4n) is 2.01. The molecule has 2 aliphatic rings. The zero-order valence-corrected chi connectivity index (χ0v) is 9.60. The molecule has 4 nitrogen and oxygen atoms in total. The molecule has 2 fully saturated rings. The van der Waals surface area contributed by atoms with Gasteiger partial charge in [-0.05, 0) is 32.4 Å². The average molecular weight is 242 g/mol. The molecule has 2 aliphatic heterocycles.